The van der Waals surface area contributed by atoms with E-state index in [4.69, 9.17) is 0 Å². The average molecular weight is 544 g/mol. The van der Waals surface area contributed by atoms with Crippen molar-refractivity contribution < 1.29 is 13.2 Å². The lowest BCUT2D eigenvalue weighted by Crippen LogP contribution is -2.38. The first kappa shape index (κ1) is 26.1. The van der Waals surface area contributed by atoms with Gasteiger partial charge in [0.1, 0.15) is 0 Å². The van der Waals surface area contributed by atoms with Crippen molar-refractivity contribution in [3.8, 4) is 0 Å². The minimum absolute atomic E-state index is 0.0983. The van der Waals surface area contributed by atoms with Crippen LogP contribution in [0.1, 0.15) is 38.9 Å². The highest BCUT2D eigenvalue weighted by atomic mass is 79.9. The largest absolute Gasteiger partial charge is 0.324 e. The molecule has 0 radical (unpaired) electrons. The molecule has 180 valence electrons. The van der Waals surface area contributed by atoms with E-state index in [-0.39, 0.29) is 23.9 Å². The van der Waals surface area contributed by atoms with Gasteiger partial charge in [-0.15, -0.1) is 0 Å². The van der Waals surface area contributed by atoms with Crippen LogP contribution in [0, 0.1) is 41.5 Å². The van der Waals surface area contributed by atoms with Crippen LogP contribution in [0.4, 0.5) is 5.69 Å². The van der Waals surface area contributed by atoms with E-state index in [0.29, 0.717) is 16.8 Å². The van der Waals surface area contributed by atoms with Crippen LogP contribution in [0.15, 0.2) is 57.9 Å². The fourth-order valence-corrected chi connectivity index (χ4v) is 6.76. The van der Waals surface area contributed by atoms with Crippen LogP contribution in [0.25, 0.3) is 0 Å². The first-order valence-corrected chi connectivity index (χ1v) is 13.3. The number of nitrogens with zero attached hydrogens (tertiary/aromatic N) is 1. The number of aryl methyl sites for hydroxylation is 6. The molecule has 7 heteroatoms. The van der Waals surface area contributed by atoms with Crippen LogP contribution in [0.5, 0.6) is 0 Å². The zero-order chi connectivity index (χ0) is 25.2. The quantitative estimate of drug-likeness (QED) is 0.390. The summed E-state index contributed by atoms with van der Waals surface area (Å²) in [5, 5.41) is 2.93. The third-order valence-electron chi connectivity index (χ3n) is 5.76. The summed E-state index contributed by atoms with van der Waals surface area (Å²) >= 11 is 3.47. The topological polar surface area (TPSA) is 66.5 Å². The molecule has 0 saturated carbocycles. The number of sulfonamides is 1. The average Bonchev–Trinajstić information content (AvgIpc) is 2.70. The van der Waals surface area contributed by atoms with Crippen molar-refractivity contribution >= 4 is 37.5 Å². The molecular formula is C27H31BrN2O3S. The number of halogens is 1. The monoisotopic (exact) mass is 542 g/mol. The molecule has 0 spiro atoms. The molecule has 0 aliphatic carbocycles. The van der Waals surface area contributed by atoms with Crippen LogP contribution < -0.4 is 5.32 Å². The molecule has 34 heavy (non-hydrogen) atoms. The van der Waals surface area contributed by atoms with Gasteiger partial charge in [-0.1, -0.05) is 63.5 Å². The number of amides is 1. The predicted octanol–water partition coefficient (Wildman–Crippen LogP) is 6.13. The van der Waals surface area contributed by atoms with Crippen LogP contribution in [-0.2, 0) is 21.4 Å². The SMILES string of the molecule is Cc1ccc(CN(CC(=O)Nc2c(C)cc(Br)cc2C)S(=O)(=O)c2c(C)cc(C)cc2C)cc1. The number of carbonyl (C=O) groups excluding carboxylic acids is 1. The van der Waals surface area contributed by atoms with E-state index in [1.54, 1.807) is 13.8 Å². The molecule has 0 fully saturated rings. The van der Waals surface area contributed by atoms with E-state index in [1.807, 2.05) is 76.2 Å². The maximum Gasteiger partial charge on any atom is 0.244 e. The normalized spacial score (nSPS) is 11.6. The zero-order valence-corrected chi connectivity index (χ0v) is 22.9. The van der Waals surface area contributed by atoms with Gasteiger partial charge in [0.2, 0.25) is 15.9 Å². The first-order chi connectivity index (χ1) is 15.9. The van der Waals surface area contributed by atoms with E-state index >= 15 is 0 Å². The lowest BCUT2D eigenvalue weighted by molar-refractivity contribution is -0.116. The number of hydrogen-bond acceptors (Lipinski definition) is 3. The molecule has 3 aromatic carbocycles. The van der Waals surface area contributed by atoms with Gasteiger partial charge in [-0.25, -0.2) is 8.42 Å². The molecule has 0 bridgehead atoms. The highest BCUT2D eigenvalue weighted by molar-refractivity contribution is 9.10. The molecule has 1 amide bonds. The molecule has 3 rings (SSSR count). The van der Waals surface area contributed by atoms with Gasteiger partial charge in [0.05, 0.1) is 11.4 Å². The number of carbonyl (C=O) groups is 1. The molecule has 0 aromatic heterocycles. The fourth-order valence-electron chi connectivity index (χ4n) is 4.27. The Morgan fingerprint density at radius 1 is 0.824 bits per heavy atom. The summed E-state index contributed by atoms with van der Waals surface area (Å²) in [6, 6.07) is 15.2. The number of nitrogens with one attached hydrogen (secondary N) is 1. The van der Waals surface area contributed by atoms with Gasteiger partial charge in [-0.05, 0) is 81.5 Å². The fraction of sp³-hybridized carbons (Fsp3) is 0.296. The van der Waals surface area contributed by atoms with Gasteiger partial charge in [0, 0.05) is 16.7 Å². The van der Waals surface area contributed by atoms with Gasteiger partial charge < -0.3 is 5.32 Å². The van der Waals surface area contributed by atoms with Crippen molar-refractivity contribution in [3.05, 3.63) is 91.9 Å². The summed E-state index contributed by atoms with van der Waals surface area (Å²) in [7, 11) is -3.94. The molecule has 0 saturated heterocycles. The Labute approximate surface area is 211 Å². The first-order valence-electron chi connectivity index (χ1n) is 11.1. The maximum absolute atomic E-state index is 13.9. The molecule has 0 aliphatic rings. The van der Waals surface area contributed by atoms with E-state index < -0.39 is 10.0 Å². The Morgan fingerprint density at radius 2 is 1.35 bits per heavy atom. The number of benzene rings is 3. The molecule has 3 aromatic rings. The summed E-state index contributed by atoms with van der Waals surface area (Å²) in [6.45, 7) is 11.1. The second kappa shape index (κ2) is 10.4. The summed E-state index contributed by atoms with van der Waals surface area (Å²) < 4.78 is 29.9. The lowest BCUT2D eigenvalue weighted by atomic mass is 10.1. The standard InChI is InChI=1S/C27H31BrN2O3S/c1-17-7-9-23(10-8-17)15-30(34(32,33)27-21(5)11-18(2)12-22(27)6)16-25(31)29-26-19(3)13-24(28)14-20(26)4/h7-14H,15-16H2,1-6H3,(H,29,31). The third-order valence-corrected chi connectivity index (χ3v) is 8.32. The van der Waals surface area contributed by atoms with Gasteiger partial charge in [0.25, 0.3) is 0 Å². The molecule has 5 nitrogen and oxygen atoms in total. The van der Waals surface area contributed by atoms with Crippen molar-refractivity contribution in [2.24, 2.45) is 0 Å². The zero-order valence-electron chi connectivity index (χ0n) is 20.5. The highest BCUT2D eigenvalue weighted by Crippen LogP contribution is 2.28. The molecule has 0 heterocycles. The Morgan fingerprint density at radius 3 is 1.88 bits per heavy atom. The van der Waals surface area contributed by atoms with E-state index in [9.17, 15) is 13.2 Å². The summed E-state index contributed by atoms with van der Waals surface area (Å²) in [6.07, 6.45) is 0. The Kier molecular flexibility index (Phi) is 8.01. The molecule has 0 atom stereocenters. The van der Waals surface area contributed by atoms with Gasteiger partial charge in [-0.2, -0.15) is 4.31 Å². The number of hydrogen-bond donors (Lipinski definition) is 1. The maximum atomic E-state index is 13.9. The van der Waals surface area contributed by atoms with Gasteiger partial charge >= 0.3 is 0 Å². The molecule has 0 unspecified atom stereocenters. The highest BCUT2D eigenvalue weighted by Gasteiger charge is 2.30. The Hall–Kier alpha value is -2.48. The van der Waals surface area contributed by atoms with Crippen LogP contribution in [0.3, 0.4) is 0 Å². The van der Waals surface area contributed by atoms with Crippen LogP contribution >= 0.6 is 15.9 Å². The van der Waals surface area contributed by atoms with Crippen molar-refractivity contribution in [2.45, 2.75) is 53.0 Å². The molecular weight excluding hydrogens is 512 g/mol. The third kappa shape index (κ3) is 5.95. The van der Waals surface area contributed by atoms with Crippen molar-refractivity contribution in [1.82, 2.24) is 4.31 Å². The summed E-state index contributed by atoms with van der Waals surface area (Å²) in [5.41, 5.74) is 6.75. The lowest BCUT2D eigenvalue weighted by Gasteiger charge is -2.25. The van der Waals surface area contributed by atoms with Crippen molar-refractivity contribution in [3.63, 3.8) is 0 Å². The minimum Gasteiger partial charge on any atom is -0.324 e. The van der Waals surface area contributed by atoms with E-state index in [2.05, 4.69) is 21.2 Å². The predicted molar refractivity (Wildman–Crippen MR) is 142 cm³/mol. The molecule has 1 N–H and O–H groups in total. The Balaban J connectivity index is 1.99. The Bertz CT molecular complexity index is 1290. The van der Waals surface area contributed by atoms with E-state index in [0.717, 1.165) is 32.3 Å². The van der Waals surface area contributed by atoms with Crippen molar-refractivity contribution in [2.75, 3.05) is 11.9 Å². The minimum atomic E-state index is -3.94. The molecule has 0 aliphatic heterocycles. The number of rotatable bonds is 7. The van der Waals surface area contributed by atoms with Crippen LogP contribution in [0.2, 0.25) is 0 Å². The second-order valence-electron chi connectivity index (χ2n) is 8.95. The van der Waals surface area contributed by atoms with Crippen LogP contribution in [-0.4, -0.2) is 25.2 Å². The number of anilines is 1. The van der Waals surface area contributed by atoms with Gasteiger partial charge in [-0.3, -0.25) is 4.79 Å². The van der Waals surface area contributed by atoms with Gasteiger partial charge in [0.15, 0.2) is 0 Å². The summed E-state index contributed by atoms with van der Waals surface area (Å²) in [4.78, 5) is 13.4. The van der Waals surface area contributed by atoms with E-state index in [1.165, 1.54) is 4.31 Å². The smallest absolute Gasteiger partial charge is 0.244 e. The second-order valence-corrected chi connectivity index (χ2v) is 11.7. The van der Waals surface area contributed by atoms with Crippen molar-refractivity contribution in [1.29, 1.82) is 0 Å². The summed E-state index contributed by atoms with van der Waals surface area (Å²) in [5.74, 6) is -0.383.